The fourth-order valence-electron chi connectivity index (χ4n) is 3.17. The van der Waals surface area contributed by atoms with E-state index in [0.29, 0.717) is 15.9 Å². The van der Waals surface area contributed by atoms with Crippen LogP contribution in [0.4, 0.5) is 0 Å². The highest BCUT2D eigenvalue weighted by molar-refractivity contribution is 6.42. The summed E-state index contributed by atoms with van der Waals surface area (Å²) in [6.07, 6.45) is 0. The minimum atomic E-state index is -0.600. The molecule has 0 fully saturated rings. The summed E-state index contributed by atoms with van der Waals surface area (Å²) in [4.78, 5) is 30.0. The van der Waals surface area contributed by atoms with Crippen molar-refractivity contribution in [2.75, 3.05) is 0 Å². The van der Waals surface area contributed by atoms with Crippen LogP contribution < -0.4 is 4.73 Å². The van der Waals surface area contributed by atoms with E-state index in [0.717, 1.165) is 5.56 Å². The number of esters is 1. The number of hydrogen-bond donors (Lipinski definition) is 0. The van der Waals surface area contributed by atoms with Gasteiger partial charge in [-0.25, -0.2) is 9.78 Å². The smallest absolute Gasteiger partial charge is 0.338 e. The van der Waals surface area contributed by atoms with Gasteiger partial charge in [-0.2, -0.15) is 4.73 Å². The topological polar surface area (TPSA) is 83.2 Å². The predicted octanol–water partition coefficient (Wildman–Crippen LogP) is 5.07. The second-order valence-corrected chi connectivity index (χ2v) is 7.91. The fraction of sp³-hybridized carbons (Fsp3) is 0.0833. The van der Waals surface area contributed by atoms with Gasteiger partial charge < -0.3 is 9.94 Å². The molecule has 0 amide bonds. The number of aromatic nitrogens is 2. The molecule has 3 aromatic carbocycles. The molecule has 6 nitrogen and oxygen atoms in total. The molecule has 1 heterocycles. The molecule has 4 aromatic rings. The lowest BCUT2D eigenvalue weighted by Gasteiger charge is -2.12. The van der Waals surface area contributed by atoms with Gasteiger partial charge in [0, 0.05) is 11.6 Å². The summed E-state index contributed by atoms with van der Waals surface area (Å²) in [7, 11) is 0. The normalized spacial score (nSPS) is 10.8. The minimum Gasteiger partial charge on any atom is -0.618 e. The minimum absolute atomic E-state index is 0.0141. The highest BCUT2D eigenvalue weighted by atomic mass is 35.5. The molecule has 1 aromatic heterocycles. The summed E-state index contributed by atoms with van der Waals surface area (Å²) < 4.78 is 5.83. The van der Waals surface area contributed by atoms with Crippen LogP contribution in [0.15, 0.2) is 66.7 Å². The van der Waals surface area contributed by atoms with Gasteiger partial charge in [0.2, 0.25) is 5.52 Å². The Morgan fingerprint density at radius 3 is 2.31 bits per heavy atom. The Morgan fingerprint density at radius 1 is 0.969 bits per heavy atom. The quantitative estimate of drug-likeness (QED) is 0.177. The van der Waals surface area contributed by atoms with E-state index in [9.17, 15) is 14.8 Å². The van der Waals surface area contributed by atoms with Crippen LogP contribution in [0.25, 0.3) is 11.0 Å². The zero-order valence-electron chi connectivity index (χ0n) is 16.8. The molecule has 8 heteroatoms. The van der Waals surface area contributed by atoms with Crippen LogP contribution >= 0.6 is 23.2 Å². The van der Waals surface area contributed by atoms with Crippen LogP contribution in [0, 0.1) is 12.1 Å². The SMILES string of the molecule is Cc1ccc(C(=O)OCc2nc3cc(Cl)c(Cl)cc3[n+]([O-])c2C(=O)c2ccccc2)cc1. The van der Waals surface area contributed by atoms with E-state index in [-0.39, 0.29) is 39.1 Å². The van der Waals surface area contributed by atoms with E-state index in [4.69, 9.17) is 27.9 Å². The summed E-state index contributed by atoms with van der Waals surface area (Å²) in [6, 6.07) is 17.9. The van der Waals surface area contributed by atoms with Gasteiger partial charge in [0.05, 0.1) is 15.6 Å². The Kier molecular flexibility index (Phi) is 6.08. The molecule has 0 N–H and O–H groups in total. The van der Waals surface area contributed by atoms with Crippen LogP contribution in [0.2, 0.25) is 10.0 Å². The average Bonchev–Trinajstić information content (AvgIpc) is 2.79. The van der Waals surface area contributed by atoms with Crippen molar-refractivity contribution in [1.82, 2.24) is 4.98 Å². The number of rotatable bonds is 5. The Labute approximate surface area is 193 Å². The number of ketones is 1. The third-order valence-electron chi connectivity index (χ3n) is 4.85. The van der Waals surface area contributed by atoms with E-state index < -0.39 is 11.8 Å². The lowest BCUT2D eigenvalue weighted by Crippen LogP contribution is -2.38. The second kappa shape index (κ2) is 8.94. The van der Waals surface area contributed by atoms with Crippen LogP contribution in [0.1, 0.15) is 37.7 Å². The van der Waals surface area contributed by atoms with Crippen molar-refractivity contribution < 1.29 is 19.1 Å². The van der Waals surface area contributed by atoms with E-state index in [1.807, 2.05) is 6.92 Å². The van der Waals surface area contributed by atoms with E-state index in [1.165, 1.54) is 12.1 Å². The van der Waals surface area contributed by atoms with Gasteiger partial charge in [0.25, 0.3) is 11.5 Å². The van der Waals surface area contributed by atoms with Crippen LogP contribution in [-0.4, -0.2) is 16.7 Å². The maximum absolute atomic E-state index is 13.2. The molecule has 4 rings (SSSR count). The van der Waals surface area contributed by atoms with Crippen molar-refractivity contribution in [3.8, 4) is 0 Å². The molecule has 0 radical (unpaired) electrons. The zero-order valence-corrected chi connectivity index (χ0v) is 18.4. The summed E-state index contributed by atoms with van der Waals surface area (Å²) in [6.45, 7) is 1.53. The Hall–Kier alpha value is -3.48. The van der Waals surface area contributed by atoms with Crippen molar-refractivity contribution in [3.63, 3.8) is 0 Å². The Morgan fingerprint density at radius 2 is 1.62 bits per heavy atom. The van der Waals surface area contributed by atoms with Gasteiger partial charge in [0.15, 0.2) is 5.69 Å². The molecule has 0 aliphatic rings. The molecule has 32 heavy (non-hydrogen) atoms. The Balaban J connectivity index is 1.78. The third kappa shape index (κ3) is 4.28. The molecular formula is C24H16Cl2N2O4. The van der Waals surface area contributed by atoms with Crippen molar-refractivity contribution in [1.29, 1.82) is 0 Å². The number of fused-ring (bicyclic) bond motifs is 1. The molecule has 0 aliphatic carbocycles. The molecule has 0 spiro atoms. The number of aryl methyl sites for hydroxylation is 1. The number of carbonyl (C=O) groups excluding carboxylic acids is 2. The Bertz CT molecular complexity index is 1340. The molecule has 0 atom stereocenters. The molecule has 0 bridgehead atoms. The standard InChI is InChI=1S/C24H16Cl2N2O4/c1-14-7-9-16(10-8-14)24(30)32-13-20-22(23(29)15-5-3-2-4-6-15)28(31)21-12-18(26)17(25)11-19(21)27-20/h2-12H,13H2,1H3. The predicted molar refractivity (Wildman–Crippen MR) is 121 cm³/mol. The van der Waals surface area contributed by atoms with Crippen LogP contribution in [0.5, 0.6) is 0 Å². The maximum atomic E-state index is 13.2. The summed E-state index contributed by atoms with van der Waals surface area (Å²) in [5.74, 6) is -1.15. The number of hydrogen-bond acceptors (Lipinski definition) is 5. The maximum Gasteiger partial charge on any atom is 0.338 e. The lowest BCUT2D eigenvalue weighted by atomic mass is 10.1. The largest absolute Gasteiger partial charge is 0.618 e. The zero-order chi connectivity index (χ0) is 22.8. The van der Waals surface area contributed by atoms with Gasteiger partial charge in [-0.05, 0) is 25.1 Å². The van der Waals surface area contributed by atoms with E-state index in [2.05, 4.69) is 4.98 Å². The van der Waals surface area contributed by atoms with Gasteiger partial charge in [-0.3, -0.25) is 4.79 Å². The summed E-state index contributed by atoms with van der Waals surface area (Å²) in [5.41, 5.74) is 1.70. The number of ether oxygens (including phenoxy) is 1. The van der Waals surface area contributed by atoms with E-state index in [1.54, 1.807) is 54.6 Å². The number of halogens is 2. The monoisotopic (exact) mass is 466 g/mol. The average molecular weight is 467 g/mol. The molecule has 0 unspecified atom stereocenters. The first kappa shape index (κ1) is 21.7. The number of benzene rings is 3. The van der Waals surface area contributed by atoms with Crippen LogP contribution in [0.3, 0.4) is 0 Å². The lowest BCUT2D eigenvalue weighted by molar-refractivity contribution is -0.580. The first-order valence-corrected chi connectivity index (χ1v) is 10.4. The highest BCUT2D eigenvalue weighted by Gasteiger charge is 2.28. The van der Waals surface area contributed by atoms with Crippen molar-refractivity contribution in [2.24, 2.45) is 0 Å². The molecule has 0 saturated heterocycles. The van der Waals surface area contributed by atoms with Gasteiger partial charge >= 0.3 is 5.97 Å². The molecule has 160 valence electrons. The third-order valence-corrected chi connectivity index (χ3v) is 5.57. The molecule has 0 aliphatic heterocycles. The van der Waals surface area contributed by atoms with Crippen LogP contribution in [-0.2, 0) is 11.3 Å². The van der Waals surface area contributed by atoms with Gasteiger partial charge in [0.1, 0.15) is 12.1 Å². The van der Waals surface area contributed by atoms with Gasteiger partial charge in [-0.15, -0.1) is 0 Å². The van der Waals surface area contributed by atoms with Crippen molar-refractivity contribution in [2.45, 2.75) is 13.5 Å². The van der Waals surface area contributed by atoms with Gasteiger partial charge in [-0.1, -0.05) is 71.2 Å². The summed E-state index contributed by atoms with van der Waals surface area (Å²) in [5, 5.41) is 13.6. The van der Waals surface area contributed by atoms with E-state index >= 15 is 0 Å². The van der Waals surface area contributed by atoms with Crippen molar-refractivity contribution >= 4 is 46.0 Å². The number of carbonyl (C=O) groups is 2. The highest BCUT2D eigenvalue weighted by Crippen LogP contribution is 2.26. The number of nitrogens with zero attached hydrogens (tertiary/aromatic N) is 2. The van der Waals surface area contributed by atoms with Crippen molar-refractivity contribution in [3.05, 3.63) is 110 Å². The molecular weight excluding hydrogens is 451 g/mol. The second-order valence-electron chi connectivity index (χ2n) is 7.09. The fourth-order valence-corrected chi connectivity index (χ4v) is 3.49. The first-order valence-electron chi connectivity index (χ1n) is 9.60. The molecule has 0 saturated carbocycles. The first-order chi connectivity index (χ1) is 15.3. The summed E-state index contributed by atoms with van der Waals surface area (Å²) >= 11 is 12.1.